The second kappa shape index (κ2) is 6.42. The quantitative estimate of drug-likeness (QED) is 0.889. The molecule has 0 aliphatic carbocycles. The minimum absolute atomic E-state index is 0.135. The van der Waals surface area contributed by atoms with Crippen LogP contribution in [0.4, 0.5) is 18.0 Å². The van der Waals surface area contributed by atoms with E-state index in [-0.39, 0.29) is 18.7 Å². The Balaban J connectivity index is 2.58. The number of hydrogen-bond acceptors (Lipinski definition) is 3. The van der Waals surface area contributed by atoms with Gasteiger partial charge in [-0.25, -0.2) is 4.79 Å². The van der Waals surface area contributed by atoms with Gasteiger partial charge in [0, 0.05) is 0 Å². The van der Waals surface area contributed by atoms with Crippen molar-refractivity contribution in [3.63, 3.8) is 0 Å². The minimum Gasteiger partial charge on any atom is -0.450 e. The van der Waals surface area contributed by atoms with E-state index < -0.39 is 23.9 Å². The van der Waals surface area contributed by atoms with Crippen LogP contribution >= 0.6 is 0 Å². The van der Waals surface area contributed by atoms with Gasteiger partial charge in [0.05, 0.1) is 24.8 Å². The highest BCUT2D eigenvalue weighted by molar-refractivity contribution is 5.67. The lowest BCUT2D eigenvalue weighted by Gasteiger charge is -2.13. The first-order chi connectivity index (χ1) is 8.84. The maximum atomic E-state index is 12.3. The van der Waals surface area contributed by atoms with Crippen LogP contribution in [0.2, 0.25) is 0 Å². The van der Waals surface area contributed by atoms with E-state index in [2.05, 4.69) is 10.1 Å². The van der Waals surface area contributed by atoms with Gasteiger partial charge in [0.1, 0.15) is 0 Å². The number of rotatable bonds is 4. The fraction of sp³-hybridized carbons (Fsp3) is 0.417. The maximum absolute atomic E-state index is 12.3. The fourth-order valence-corrected chi connectivity index (χ4v) is 1.37. The zero-order valence-corrected chi connectivity index (χ0v) is 10.2. The number of benzene rings is 1. The Morgan fingerprint density at radius 1 is 1.37 bits per heavy atom. The molecule has 1 unspecified atom stereocenters. The summed E-state index contributed by atoms with van der Waals surface area (Å²) in [5.41, 5.74) is -0.508. The molecule has 1 aromatic rings. The number of carbonyl (C=O) groups excluding carboxylic acids is 1. The molecule has 106 valence electrons. The number of alkyl carbamates (subject to hydrolysis) is 1. The van der Waals surface area contributed by atoms with Gasteiger partial charge < -0.3 is 15.2 Å². The van der Waals surface area contributed by atoms with E-state index in [0.29, 0.717) is 0 Å². The molecule has 0 bridgehead atoms. The highest BCUT2D eigenvalue weighted by Crippen LogP contribution is 2.29. The molecule has 7 heteroatoms. The summed E-state index contributed by atoms with van der Waals surface area (Å²) in [6, 6.07) is 4.09. The number of aliphatic hydroxyl groups excluding tert-OH is 1. The third-order valence-corrected chi connectivity index (χ3v) is 2.34. The highest BCUT2D eigenvalue weighted by atomic mass is 19.4. The summed E-state index contributed by atoms with van der Waals surface area (Å²) in [5.74, 6) is 0. The molecule has 0 spiro atoms. The Hall–Kier alpha value is -1.76. The fourth-order valence-electron chi connectivity index (χ4n) is 1.37. The number of halogens is 3. The summed E-state index contributed by atoms with van der Waals surface area (Å²) in [4.78, 5) is 11.0. The smallest absolute Gasteiger partial charge is 0.416 e. The second-order valence-corrected chi connectivity index (χ2v) is 3.74. The number of amides is 1. The standard InChI is InChI=1S/C12H14F3NO3/c1-2-19-11(18)16-7-10(17)8-3-5-9(6-4-8)12(13,14)15/h3-6,10,17H,2,7H2,1H3,(H,16,18). The van der Waals surface area contributed by atoms with E-state index in [4.69, 9.17) is 0 Å². The SMILES string of the molecule is CCOC(=O)NCC(O)c1ccc(C(F)(F)F)cc1. The molecule has 0 aromatic heterocycles. The predicted molar refractivity (Wildman–Crippen MR) is 61.4 cm³/mol. The molecule has 2 N–H and O–H groups in total. The normalized spacial score (nSPS) is 12.9. The molecule has 1 amide bonds. The van der Waals surface area contributed by atoms with Crippen LogP contribution in [0, 0.1) is 0 Å². The van der Waals surface area contributed by atoms with Gasteiger partial charge in [-0.05, 0) is 24.6 Å². The molecule has 0 saturated heterocycles. The van der Waals surface area contributed by atoms with Crippen LogP contribution in [0.25, 0.3) is 0 Å². The summed E-state index contributed by atoms with van der Waals surface area (Å²) < 4.78 is 41.6. The lowest BCUT2D eigenvalue weighted by atomic mass is 10.1. The predicted octanol–water partition coefficient (Wildman–Crippen LogP) is 2.48. The van der Waals surface area contributed by atoms with Crippen LogP contribution in [-0.4, -0.2) is 24.4 Å². The number of aliphatic hydroxyl groups is 1. The molecular weight excluding hydrogens is 263 g/mol. The summed E-state index contributed by atoms with van der Waals surface area (Å²) in [7, 11) is 0. The van der Waals surface area contributed by atoms with Crippen molar-refractivity contribution in [1.29, 1.82) is 0 Å². The minimum atomic E-state index is -4.41. The molecule has 0 heterocycles. The Morgan fingerprint density at radius 2 is 1.95 bits per heavy atom. The molecule has 0 aliphatic heterocycles. The third-order valence-electron chi connectivity index (χ3n) is 2.34. The first kappa shape index (κ1) is 15.3. The Bertz CT molecular complexity index is 417. The van der Waals surface area contributed by atoms with Crippen molar-refractivity contribution < 1.29 is 27.8 Å². The molecule has 19 heavy (non-hydrogen) atoms. The number of ether oxygens (including phenoxy) is 1. The van der Waals surface area contributed by atoms with Crippen LogP contribution in [0.15, 0.2) is 24.3 Å². The zero-order chi connectivity index (χ0) is 14.5. The summed E-state index contributed by atoms with van der Waals surface area (Å²) in [6.07, 6.45) is -6.19. The second-order valence-electron chi connectivity index (χ2n) is 3.74. The monoisotopic (exact) mass is 277 g/mol. The van der Waals surface area contributed by atoms with Crippen molar-refractivity contribution in [3.8, 4) is 0 Å². The molecule has 1 rings (SSSR count). The largest absolute Gasteiger partial charge is 0.450 e. The number of nitrogens with one attached hydrogen (secondary N) is 1. The summed E-state index contributed by atoms with van der Waals surface area (Å²) in [6.45, 7) is 1.69. The Labute approximate surface area is 108 Å². The van der Waals surface area contributed by atoms with E-state index in [1.165, 1.54) is 12.1 Å². The lowest BCUT2D eigenvalue weighted by Crippen LogP contribution is -2.28. The summed E-state index contributed by atoms with van der Waals surface area (Å²) in [5, 5.41) is 12.0. The van der Waals surface area contributed by atoms with Crippen LogP contribution in [0.3, 0.4) is 0 Å². The molecule has 1 atom stereocenters. The maximum Gasteiger partial charge on any atom is 0.416 e. The van der Waals surface area contributed by atoms with E-state index in [1.54, 1.807) is 6.92 Å². The van der Waals surface area contributed by atoms with E-state index in [1.807, 2.05) is 0 Å². The van der Waals surface area contributed by atoms with Gasteiger partial charge in [-0.1, -0.05) is 12.1 Å². The van der Waals surface area contributed by atoms with Crippen LogP contribution < -0.4 is 5.32 Å². The zero-order valence-electron chi connectivity index (χ0n) is 10.2. The highest BCUT2D eigenvalue weighted by Gasteiger charge is 2.30. The van der Waals surface area contributed by atoms with Gasteiger partial charge in [0.2, 0.25) is 0 Å². The first-order valence-corrected chi connectivity index (χ1v) is 5.60. The van der Waals surface area contributed by atoms with Crippen molar-refractivity contribution in [3.05, 3.63) is 35.4 Å². The average Bonchev–Trinajstić information content (AvgIpc) is 2.35. The Kier molecular flexibility index (Phi) is 5.17. The van der Waals surface area contributed by atoms with E-state index in [9.17, 15) is 23.1 Å². The molecule has 0 aliphatic rings. The van der Waals surface area contributed by atoms with Gasteiger partial charge in [-0.2, -0.15) is 13.2 Å². The number of carbonyl (C=O) groups is 1. The van der Waals surface area contributed by atoms with Crippen LogP contribution in [0.5, 0.6) is 0 Å². The van der Waals surface area contributed by atoms with Crippen LogP contribution in [0.1, 0.15) is 24.2 Å². The van der Waals surface area contributed by atoms with Crippen molar-refractivity contribution in [2.24, 2.45) is 0 Å². The molecule has 4 nitrogen and oxygen atoms in total. The van der Waals surface area contributed by atoms with Crippen molar-refractivity contribution in [2.75, 3.05) is 13.2 Å². The Morgan fingerprint density at radius 3 is 2.42 bits per heavy atom. The molecular formula is C12H14F3NO3. The van der Waals surface area contributed by atoms with Crippen LogP contribution in [-0.2, 0) is 10.9 Å². The first-order valence-electron chi connectivity index (χ1n) is 5.60. The molecule has 0 radical (unpaired) electrons. The van der Waals surface area contributed by atoms with Gasteiger partial charge in [-0.3, -0.25) is 0 Å². The average molecular weight is 277 g/mol. The van der Waals surface area contributed by atoms with E-state index in [0.717, 1.165) is 12.1 Å². The van der Waals surface area contributed by atoms with Gasteiger partial charge in [0.15, 0.2) is 0 Å². The third kappa shape index (κ3) is 4.78. The lowest BCUT2D eigenvalue weighted by molar-refractivity contribution is -0.137. The van der Waals surface area contributed by atoms with Gasteiger partial charge >= 0.3 is 12.3 Å². The van der Waals surface area contributed by atoms with Gasteiger partial charge in [-0.15, -0.1) is 0 Å². The molecule has 1 aromatic carbocycles. The topological polar surface area (TPSA) is 58.6 Å². The van der Waals surface area contributed by atoms with Crippen molar-refractivity contribution >= 4 is 6.09 Å². The van der Waals surface area contributed by atoms with Crippen molar-refractivity contribution in [1.82, 2.24) is 5.32 Å². The number of hydrogen-bond donors (Lipinski definition) is 2. The van der Waals surface area contributed by atoms with Gasteiger partial charge in [0.25, 0.3) is 0 Å². The summed E-state index contributed by atoms with van der Waals surface area (Å²) >= 11 is 0. The number of alkyl halides is 3. The molecule has 0 fully saturated rings. The molecule has 0 saturated carbocycles. The van der Waals surface area contributed by atoms with Crippen molar-refractivity contribution in [2.45, 2.75) is 19.2 Å². The van der Waals surface area contributed by atoms with E-state index >= 15 is 0 Å².